The van der Waals surface area contributed by atoms with Gasteiger partial charge in [-0.15, -0.1) is 0 Å². The second kappa shape index (κ2) is 5.52. The third-order valence-electron chi connectivity index (χ3n) is 3.50. The minimum atomic E-state index is -0.998. The average molecular weight is 296 g/mol. The molecule has 2 aromatic rings. The van der Waals surface area contributed by atoms with Gasteiger partial charge in [-0.3, -0.25) is 9.59 Å². The van der Waals surface area contributed by atoms with Gasteiger partial charge in [-0.05, 0) is 31.2 Å². The molecule has 110 valence electrons. The van der Waals surface area contributed by atoms with Crippen molar-refractivity contribution in [3.05, 3.63) is 66.0 Å². The topological polar surface area (TPSA) is 49.7 Å². The fraction of sp³-hybridized carbons (Fsp3) is 0.118. The molecule has 1 aliphatic rings. The Morgan fingerprint density at radius 2 is 1.86 bits per heavy atom. The van der Waals surface area contributed by atoms with Gasteiger partial charge in [0, 0.05) is 5.56 Å². The zero-order chi connectivity index (χ0) is 15.7. The Morgan fingerprint density at radius 3 is 2.55 bits per heavy atom. The molecule has 4 nitrogen and oxygen atoms in total. The van der Waals surface area contributed by atoms with Gasteiger partial charge < -0.3 is 0 Å². The number of rotatable bonds is 3. The molecule has 0 N–H and O–H groups in total. The number of hydrogen-bond acceptors (Lipinski definition) is 3. The molecule has 0 aromatic heterocycles. The van der Waals surface area contributed by atoms with Crippen molar-refractivity contribution in [3.63, 3.8) is 0 Å². The van der Waals surface area contributed by atoms with E-state index in [-0.39, 0.29) is 5.56 Å². The molecule has 1 amide bonds. The molecule has 2 aromatic carbocycles. The molecule has 5 heteroatoms. The molecule has 0 spiro atoms. The number of halogens is 1. The van der Waals surface area contributed by atoms with Crippen LogP contribution in [0.5, 0.6) is 0 Å². The van der Waals surface area contributed by atoms with Crippen molar-refractivity contribution in [2.45, 2.75) is 6.92 Å². The van der Waals surface area contributed by atoms with Crippen molar-refractivity contribution >= 4 is 23.1 Å². The summed E-state index contributed by atoms with van der Waals surface area (Å²) >= 11 is 0. The molecule has 0 radical (unpaired) electrons. The first-order chi connectivity index (χ1) is 10.6. The summed E-state index contributed by atoms with van der Waals surface area (Å²) in [5.41, 5.74) is 1.17. The second-order valence-electron chi connectivity index (χ2n) is 5.03. The molecular weight excluding hydrogens is 283 g/mol. The molecule has 1 aliphatic heterocycles. The van der Waals surface area contributed by atoms with E-state index in [0.717, 1.165) is 6.07 Å². The third kappa shape index (κ3) is 2.41. The van der Waals surface area contributed by atoms with Crippen LogP contribution in [-0.4, -0.2) is 17.4 Å². The number of carbonyl (C=O) groups excluding carboxylic acids is 2. The summed E-state index contributed by atoms with van der Waals surface area (Å²) in [6.07, 6.45) is 0. The predicted molar refractivity (Wildman–Crippen MR) is 81.3 cm³/mol. The predicted octanol–water partition coefficient (Wildman–Crippen LogP) is 3.05. The normalized spacial score (nSPS) is 17.5. The molecule has 0 saturated carbocycles. The van der Waals surface area contributed by atoms with Crippen LogP contribution in [0.15, 0.2) is 59.7 Å². The smallest absolute Gasteiger partial charge is 0.264 e. The highest BCUT2D eigenvalue weighted by Crippen LogP contribution is 2.26. The van der Waals surface area contributed by atoms with Crippen molar-refractivity contribution in [1.82, 2.24) is 0 Å². The van der Waals surface area contributed by atoms with Gasteiger partial charge in [0.15, 0.2) is 5.78 Å². The van der Waals surface area contributed by atoms with Crippen LogP contribution in [-0.2, 0) is 4.79 Å². The van der Waals surface area contributed by atoms with Crippen LogP contribution < -0.4 is 5.01 Å². The SMILES string of the molecule is CC1=NN(c2ccccc2)C(=O)C1C(=O)c1cccc(F)c1. The Hall–Kier alpha value is -2.82. The lowest BCUT2D eigenvalue weighted by Crippen LogP contribution is -2.32. The Labute approximate surface area is 126 Å². The van der Waals surface area contributed by atoms with Gasteiger partial charge in [0.2, 0.25) is 0 Å². The Balaban J connectivity index is 1.92. The average Bonchev–Trinajstić information content (AvgIpc) is 2.82. The van der Waals surface area contributed by atoms with E-state index in [2.05, 4.69) is 5.10 Å². The maximum Gasteiger partial charge on any atom is 0.264 e. The molecule has 0 saturated heterocycles. The summed E-state index contributed by atoms with van der Waals surface area (Å²) in [5, 5.41) is 5.40. The van der Waals surface area contributed by atoms with Crippen LogP contribution in [0.2, 0.25) is 0 Å². The van der Waals surface area contributed by atoms with Gasteiger partial charge in [0.25, 0.3) is 5.91 Å². The number of ketones is 1. The first-order valence-electron chi connectivity index (χ1n) is 6.82. The monoisotopic (exact) mass is 296 g/mol. The number of hydrogen-bond donors (Lipinski definition) is 0. The lowest BCUT2D eigenvalue weighted by Gasteiger charge is -2.13. The van der Waals surface area contributed by atoms with E-state index >= 15 is 0 Å². The van der Waals surface area contributed by atoms with Crippen LogP contribution >= 0.6 is 0 Å². The Bertz CT molecular complexity index is 771. The van der Waals surface area contributed by atoms with Gasteiger partial charge in [0.1, 0.15) is 11.7 Å². The number of para-hydroxylation sites is 1. The number of anilines is 1. The van der Waals surface area contributed by atoms with Crippen LogP contribution in [0.1, 0.15) is 17.3 Å². The number of hydrazone groups is 1. The van der Waals surface area contributed by atoms with Crippen molar-refractivity contribution in [2.75, 3.05) is 5.01 Å². The van der Waals surface area contributed by atoms with E-state index in [1.54, 1.807) is 31.2 Å². The molecule has 3 rings (SSSR count). The fourth-order valence-corrected chi connectivity index (χ4v) is 2.43. The quantitative estimate of drug-likeness (QED) is 0.645. The number of benzene rings is 2. The molecule has 0 aliphatic carbocycles. The highest BCUT2D eigenvalue weighted by Gasteiger charge is 2.39. The first kappa shape index (κ1) is 14.1. The second-order valence-corrected chi connectivity index (χ2v) is 5.03. The number of amides is 1. The summed E-state index contributed by atoms with van der Waals surface area (Å²) in [5.74, 6) is -2.37. The van der Waals surface area contributed by atoms with E-state index in [0.29, 0.717) is 11.4 Å². The minimum absolute atomic E-state index is 0.169. The van der Waals surface area contributed by atoms with Crippen molar-refractivity contribution in [2.24, 2.45) is 11.0 Å². The van der Waals surface area contributed by atoms with Crippen molar-refractivity contribution in [3.8, 4) is 0 Å². The van der Waals surface area contributed by atoms with Gasteiger partial charge >= 0.3 is 0 Å². The zero-order valence-electron chi connectivity index (χ0n) is 11.9. The van der Waals surface area contributed by atoms with Crippen LogP contribution in [0.3, 0.4) is 0 Å². The summed E-state index contributed by atoms with van der Waals surface area (Å²) in [7, 11) is 0. The lowest BCUT2D eigenvalue weighted by molar-refractivity contribution is -0.118. The van der Waals surface area contributed by atoms with E-state index in [1.807, 2.05) is 6.07 Å². The van der Waals surface area contributed by atoms with Crippen LogP contribution in [0.4, 0.5) is 10.1 Å². The first-order valence-corrected chi connectivity index (χ1v) is 6.82. The summed E-state index contributed by atoms with van der Waals surface area (Å²) in [4.78, 5) is 25.0. The van der Waals surface area contributed by atoms with E-state index in [9.17, 15) is 14.0 Å². The zero-order valence-corrected chi connectivity index (χ0v) is 11.9. The minimum Gasteiger partial charge on any atom is -0.293 e. The third-order valence-corrected chi connectivity index (χ3v) is 3.50. The molecule has 1 atom stereocenters. The maximum absolute atomic E-state index is 13.3. The molecular formula is C17H13FN2O2. The van der Waals surface area contributed by atoms with Crippen LogP contribution in [0, 0.1) is 11.7 Å². The highest BCUT2D eigenvalue weighted by atomic mass is 19.1. The van der Waals surface area contributed by atoms with Crippen LogP contribution in [0.25, 0.3) is 0 Å². The van der Waals surface area contributed by atoms with Gasteiger partial charge in [0.05, 0.1) is 11.4 Å². The molecule has 1 heterocycles. The summed E-state index contributed by atoms with van der Waals surface area (Å²) in [6.45, 7) is 1.63. The molecule has 1 unspecified atom stereocenters. The van der Waals surface area contributed by atoms with Gasteiger partial charge in [-0.1, -0.05) is 30.3 Å². The molecule has 22 heavy (non-hydrogen) atoms. The standard InChI is InChI=1S/C17H13FN2O2/c1-11-15(16(21)12-6-5-7-13(18)10-12)17(22)20(19-11)14-8-3-2-4-9-14/h2-10,15H,1H3. The van der Waals surface area contributed by atoms with E-state index in [1.165, 1.54) is 23.2 Å². The fourth-order valence-electron chi connectivity index (χ4n) is 2.43. The van der Waals surface area contributed by atoms with Crippen molar-refractivity contribution in [1.29, 1.82) is 0 Å². The van der Waals surface area contributed by atoms with Gasteiger partial charge in [-0.25, -0.2) is 4.39 Å². The van der Waals surface area contributed by atoms with E-state index in [4.69, 9.17) is 0 Å². The van der Waals surface area contributed by atoms with Crippen molar-refractivity contribution < 1.29 is 14.0 Å². The highest BCUT2D eigenvalue weighted by molar-refractivity contribution is 6.30. The van der Waals surface area contributed by atoms with E-state index < -0.39 is 23.4 Å². The molecule has 0 bridgehead atoms. The molecule has 0 fully saturated rings. The Morgan fingerprint density at radius 1 is 1.14 bits per heavy atom. The number of carbonyl (C=O) groups is 2. The lowest BCUT2D eigenvalue weighted by atomic mass is 9.93. The number of Topliss-reactive ketones (excluding diaryl/α,β-unsaturated/α-hetero) is 1. The van der Waals surface area contributed by atoms with Gasteiger partial charge in [-0.2, -0.15) is 10.1 Å². The summed E-state index contributed by atoms with van der Waals surface area (Å²) < 4.78 is 13.3. The number of nitrogens with zero attached hydrogens (tertiary/aromatic N) is 2. The largest absolute Gasteiger partial charge is 0.293 e. The Kier molecular flexibility index (Phi) is 3.55. The summed E-state index contributed by atoms with van der Waals surface area (Å²) in [6, 6.07) is 14.2. The maximum atomic E-state index is 13.3.